The van der Waals surface area contributed by atoms with Crippen molar-refractivity contribution in [3.8, 4) is 0 Å². The molecule has 0 atom stereocenters. The molecule has 0 unspecified atom stereocenters. The van der Waals surface area contributed by atoms with Gasteiger partial charge in [0.05, 0.1) is 10.3 Å². The Hall–Kier alpha value is -2.21. The van der Waals surface area contributed by atoms with Crippen molar-refractivity contribution in [2.24, 2.45) is 0 Å². The van der Waals surface area contributed by atoms with Crippen molar-refractivity contribution in [1.82, 2.24) is 4.98 Å². The largest absolute Gasteiger partial charge is 0.396 e. The average Bonchev–Trinajstić information content (AvgIpc) is 2.38. The van der Waals surface area contributed by atoms with Gasteiger partial charge in [-0.3, -0.25) is 15.1 Å². The van der Waals surface area contributed by atoms with Crippen molar-refractivity contribution in [1.29, 1.82) is 0 Å². The molecule has 0 radical (unpaired) electrons. The quantitative estimate of drug-likeness (QED) is 0.479. The van der Waals surface area contributed by atoms with Crippen LogP contribution in [0.5, 0.6) is 0 Å². The van der Waals surface area contributed by atoms with E-state index in [0.717, 1.165) is 11.1 Å². The third-order valence-corrected chi connectivity index (χ3v) is 2.64. The van der Waals surface area contributed by atoms with Crippen LogP contribution in [0, 0.1) is 10.1 Å². The van der Waals surface area contributed by atoms with Crippen LogP contribution >= 0.6 is 0 Å². The van der Waals surface area contributed by atoms with Crippen LogP contribution < -0.4 is 5.32 Å². The zero-order chi connectivity index (χ0) is 13.0. The summed E-state index contributed by atoms with van der Waals surface area (Å²) in [6.07, 6.45) is 3.72. The summed E-state index contributed by atoms with van der Waals surface area (Å²) in [6.45, 7) is 0.727. The number of aromatic nitrogens is 1. The first-order chi connectivity index (χ1) is 8.74. The minimum absolute atomic E-state index is 0.0470. The molecule has 94 valence electrons. The zero-order valence-electron chi connectivity index (χ0n) is 9.67. The van der Waals surface area contributed by atoms with Gasteiger partial charge in [-0.2, -0.15) is 0 Å². The second-order valence-electron chi connectivity index (χ2n) is 3.81. The molecule has 0 saturated carbocycles. The fourth-order valence-corrected chi connectivity index (χ4v) is 1.79. The molecule has 0 saturated heterocycles. The fraction of sp³-hybridized carbons (Fsp3) is 0.250. The molecule has 0 fully saturated rings. The predicted molar refractivity (Wildman–Crippen MR) is 68.6 cm³/mol. The van der Waals surface area contributed by atoms with Crippen LogP contribution in [0.2, 0.25) is 0 Å². The number of rotatable bonds is 5. The normalized spacial score (nSPS) is 10.5. The van der Waals surface area contributed by atoms with Crippen LogP contribution in [0.25, 0.3) is 10.8 Å². The third-order valence-electron chi connectivity index (χ3n) is 2.64. The van der Waals surface area contributed by atoms with E-state index in [1.54, 1.807) is 18.3 Å². The summed E-state index contributed by atoms with van der Waals surface area (Å²) >= 11 is 0. The number of nitrogens with one attached hydrogen (secondary N) is 1. The SMILES string of the molecule is O=[N+]([O-])c1ccc(NCCCO)c2ccncc12. The van der Waals surface area contributed by atoms with E-state index in [0.29, 0.717) is 18.4 Å². The third kappa shape index (κ3) is 2.38. The number of aliphatic hydroxyl groups excluding tert-OH is 1. The highest BCUT2D eigenvalue weighted by Gasteiger charge is 2.13. The number of benzene rings is 1. The van der Waals surface area contributed by atoms with E-state index >= 15 is 0 Å². The van der Waals surface area contributed by atoms with Crippen LogP contribution in [0.1, 0.15) is 6.42 Å². The lowest BCUT2D eigenvalue weighted by Gasteiger charge is -2.09. The molecular weight excluding hydrogens is 234 g/mol. The predicted octanol–water partition coefficient (Wildman–Crippen LogP) is 1.94. The van der Waals surface area contributed by atoms with Gasteiger partial charge in [0, 0.05) is 42.7 Å². The van der Waals surface area contributed by atoms with E-state index in [1.165, 1.54) is 12.3 Å². The summed E-state index contributed by atoms with van der Waals surface area (Å²) in [5.41, 5.74) is 0.859. The van der Waals surface area contributed by atoms with Crippen molar-refractivity contribution in [2.75, 3.05) is 18.5 Å². The van der Waals surface area contributed by atoms with Crippen LogP contribution in [0.15, 0.2) is 30.6 Å². The Kier molecular flexibility index (Phi) is 3.69. The van der Waals surface area contributed by atoms with Gasteiger partial charge in [0.1, 0.15) is 0 Å². The van der Waals surface area contributed by atoms with E-state index < -0.39 is 4.92 Å². The van der Waals surface area contributed by atoms with Gasteiger partial charge in [0.2, 0.25) is 0 Å². The maximum absolute atomic E-state index is 10.9. The number of nitro groups is 1. The van der Waals surface area contributed by atoms with Gasteiger partial charge in [-0.05, 0) is 18.6 Å². The molecule has 6 heteroatoms. The molecule has 0 amide bonds. The lowest BCUT2D eigenvalue weighted by Crippen LogP contribution is -2.04. The van der Waals surface area contributed by atoms with Gasteiger partial charge >= 0.3 is 0 Å². The molecule has 0 spiro atoms. The van der Waals surface area contributed by atoms with Crippen LogP contribution in [-0.4, -0.2) is 28.2 Å². The van der Waals surface area contributed by atoms with Crippen LogP contribution in [0.4, 0.5) is 11.4 Å². The second kappa shape index (κ2) is 5.42. The summed E-state index contributed by atoms with van der Waals surface area (Å²) in [5, 5.41) is 24.1. The van der Waals surface area contributed by atoms with E-state index in [2.05, 4.69) is 10.3 Å². The molecule has 0 aliphatic rings. The van der Waals surface area contributed by atoms with Crippen molar-refractivity contribution < 1.29 is 10.0 Å². The highest BCUT2D eigenvalue weighted by atomic mass is 16.6. The Morgan fingerprint density at radius 3 is 2.89 bits per heavy atom. The van der Waals surface area contributed by atoms with Gasteiger partial charge in [-0.1, -0.05) is 0 Å². The smallest absolute Gasteiger partial charge is 0.278 e. The topological polar surface area (TPSA) is 88.3 Å². The highest BCUT2D eigenvalue weighted by molar-refractivity contribution is 5.99. The summed E-state index contributed by atoms with van der Waals surface area (Å²) in [6, 6.07) is 4.88. The Morgan fingerprint density at radius 2 is 2.17 bits per heavy atom. The molecule has 1 aromatic carbocycles. The zero-order valence-corrected chi connectivity index (χ0v) is 9.67. The Balaban J connectivity index is 2.44. The van der Waals surface area contributed by atoms with Crippen molar-refractivity contribution in [3.05, 3.63) is 40.7 Å². The van der Waals surface area contributed by atoms with E-state index in [9.17, 15) is 10.1 Å². The van der Waals surface area contributed by atoms with E-state index in [4.69, 9.17) is 5.11 Å². The van der Waals surface area contributed by atoms with Crippen molar-refractivity contribution in [3.63, 3.8) is 0 Å². The van der Waals surface area contributed by atoms with Crippen LogP contribution in [0.3, 0.4) is 0 Å². The molecule has 0 aliphatic carbocycles. The fourth-order valence-electron chi connectivity index (χ4n) is 1.79. The maximum Gasteiger partial charge on any atom is 0.278 e. The number of hydrogen-bond donors (Lipinski definition) is 2. The molecule has 2 N–H and O–H groups in total. The van der Waals surface area contributed by atoms with Gasteiger partial charge < -0.3 is 10.4 Å². The average molecular weight is 247 g/mol. The first-order valence-electron chi connectivity index (χ1n) is 5.60. The molecule has 0 aliphatic heterocycles. The number of hydrogen-bond acceptors (Lipinski definition) is 5. The minimum atomic E-state index is -0.415. The number of nitro benzene ring substituents is 1. The number of anilines is 1. The summed E-state index contributed by atoms with van der Waals surface area (Å²) in [4.78, 5) is 14.4. The van der Waals surface area contributed by atoms with Gasteiger partial charge in [0.15, 0.2) is 0 Å². The van der Waals surface area contributed by atoms with Crippen molar-refractivity contribution >= 4 is 22.1 Å². The molecule has 0 bridgehead atoms. The molecule has 1 heterocycles. The molecule has 18 heavy (non-hydrogen) atoms. The number of aliphatic hydroxyl groups is 1. The molecule has 2 aromatic rings. The summed E-state index contributed by atoms with van der Waals surface area (Å²) in [5.74, 6) is 0. The molecule has 1 aromatic heterocycles. The van der Waals surface area contributed by atoms with Gasteiger partial charge in [-0.25, -0.2) is 0 Å². The number of non-ortho nitro benzene ring substituents is 1. The van der Waals surface area contributed by atoms with E-state index in [-0.39, 0.29) is 12.3 Å². The highest BCUT2D eigenvalue weighted by Crippen LogP contribution is 2.30. The lowest BCUT2D eigenvalue weighted by atomic mass is 10.1. The van der Waals surface area contributed by atoms with Gasteiger partial charge in [-0.15, -0.1) is 0 Å². The second-order valence-corrected chi connectivity index (χ2v) is 3.81. The number of nitrogens with zero attached hydrogens (tertiary/aromatic N) is 2. The van der Waals surface area contributed by atoms with Crippen LogP contribution in [-0.2, 0) is 0 Å². The number of fused-ring (bicyclic) bond motifs is 1. The monoisotopic (exact) mass is 247 g/mol. The maximum atomic E-state index is 10.9. The van der Waals surface area contributed by atoms with E-state index in [1.807, 2.05) is 0 Å². The Bertz CT molecular complexity index is 571. The Morgan fingerprint density at radius 1 is 1.33 bits per heavy atom. The lowest BCUT2D eigenvalue weighted by molar-refractivity contribution is -0.383. The Labute approximate surface area is 103 Å². The van der Waals surface area contributed by atoms with Crippen molar-refractivity contribution in [2.45, 2.75) is 6.42 Å². The van der Waals surface area contributed by atoms with Gasteiger partial charge in [0.25, 0.3) is 5.69 Å². The standard InChI is InChI=1S/C12H13N3O3/c16-7-1-5-14-11-2-3-12(15(17)18)10-8-13-6-4-9(10)11/h2-4,6,8,14,16H,1,5,7H2. The number of pyridine rings is 1. The first kappa shape index (κ1) is 12.3. The summed E-state index contributed by atoms with van der Waals surface area (Å²) < 4.78 is 0. The molecular formula is C12H13N3O3. The first-order valence-corrected chi connectivity index (χ1v) is 5.60. The summed E-state index contributed by atoms with van der Waals surface area (Å²) in [7, 11) is 0. The molecule has 6 nitrogen and oxygen atoms in total. The minimum Gasteiger partial charge on any atom is -0.396 e. The molecule has 2 rings (SSSR count).